The summed E-state index contributed by atoms with van der Waals surface area (Å²) in [7, 11) is 3.17. The number of aromatic nitrogens is 1. The molecular formula is C17H19ClF3N3O. The fourth-order valence-corrected chi connectivity index (χ4v) is 2.71. The average molecular weight is 374 g/mol. The van der Waals surface area contributed by atoms with Crippen LogP contribution in [0.25, 0.3) is 0 Å². The number of hydrazine groups is 1. The number of aryl methyl sites for hydroxylation is 1. The van der Waals surface area contributed by atoms with Crippen LogP contribution in [0.3, 0.4) is 0 Å². The van der Waals surface area contributed by atoms with Crippen molar-refractivity contribution < 1.29 is 18.0 Å². The van der Waals surface area contributed by atoms with Gasteiger partial charge in [-0.2, -0.15) is 13.2 Å². The SMILES string of the molecule is Cc1ccnc(CN(C(=O)C2=C(C(F)(F)F)CCC=C2)N(C)C)c1Cl. The molecule has 0 spiro atoms. The Labute approximate surface area is 149 Å². The molecule has 0 saturated heterocycles. The number of hydrogen-bond donors (Lipinski definition) is 0. The zero-order chi connectivity index (χ0) is 18.8. The number of alkyl halides is 3. The van der Waals surface area contributed by atoms with Crippen molar-refractivity contribution in [2.75, 3.05) is 14.1 Å². The van der Waals surface area contributed by atoms with E-state index in [0.717, 1.165) is 5.56 Å². The van der Waals surface area contributed by atoms with E-state index in [1.165, 1.54) is 16.1 Å². The highest BCUT2D eigenvalue weighted by molar-refractivity contribution is 6.31. The van der Waals surface area contributed by atoms with Gasteiger partial charge in [0.15, 0.2) is 0 Å². The molecule has 8 heteroatoms. The van der Waals surface area contributed by atoms with Crippen LogP contribution in [0.2, 0.25) is 5.02 Å². The van der Waals surface area contributed by atoms with Gasteiger partial charge in [0.1, 0.15) is 0 Å². The number of rotatable bonds is 4. The number of carbonyl (C=O) groups excluding carboxylic acids is 1. The van der Waals surface area contributed by atoms with Gasteiger partial charge >= 0.3 is 6.18 Å². The van der Waals surface area contributed by atoms with E-state index in [-0.39, 0.29) is 25.0 Å². The van der Waals surface area contributed by atoms with Crippen molar-refractivity contribution in [3.63, 3.8) is 0 Å². The fraction of sp³-hybridized carbons (Fsp3) is 0.412. The smallest absolute Gasteiger partial charge is 0.268 e. The lowest BCUT2D eigenvalue weighted by molar-refractivity contribution is -0.142. The number of pyridine rings is 1. The molecule has 1 aliphatic carbocycles. The van der Waals surface area contributed by atoms with Gasteiger partial charge < -0.3 is 0 Å². The van der Waals surface area contributed by atoms with E-state index in [1.54, 1.807) is 39.4 Å². The Hall–Kier alpha value is -1.86. The maximum Gasteiger partial charge on any atom is 0.413 e. The van der Waals surface area contributed by atoms with Crippen LogP contribution in [-0.4, -0.2) is 41.2 Å². The summed E-state index contributed by atoms with van der Waals surface area (Å²) in [5, 5.41) is 3.03. The Balaban J connectivity index is 2.40. The van der Waals surface area contributed by atoms with Crippen molar-refractivity contribution in [1.29, 1.82) is 0 Å². The van der Waals surface area contributed by atoms with Crippen LogP contribution >= 0.6 is 11.6 Å². The van der Waals surface area contributed by atoms with Gasteiger partial charge in [-0.15, -0.1) is 0 Å². The van der Waals surface area contributed by atoms with Gasteiger partial charge in [-0.1, -0.05) is 23.8 Å². The first-order chi connectivity index (χ1) is 11.6. The highest BCUT2D eigenvalue weighted by Crippen LogP contribution is 2.35. The molecule has 0 bridgehead atoms. The van der Waals surface area contributed by atoms with Gasteiger partial charge in [0.2, 0.25) is 0 Å². The van der Waals surface area contributed by atoms with Crippen LogP contribution in [0.4, 0.5) is 13.2 Å². The van der Waals surface area contributed by atoms with E-state index in [1.807, 2.05) is 0 Å². The quantitative estimate of drug-likeness (QED) is 0.747. The molecule has 0 atom stereocenters. The van der Waals surface area contributed by atoms with Crippen molar-refractivity contribution in [3.05, 3.63) is 51.8 Å². The lowest BCUT2D eigenvalue weighted by atomic mass is 9.96. The van der Waals surface area contributed by atoms with Gasteiger partial charge in [0, 0.05) is 31.4 Å². The highest BCUT2D eigenvalue weighted by Gasteiger charge is 2.39. The molecule has 0 aromatic carbocycles. The lowest BCUT2D eigenvalue weighted by Crippen LogP contribution is -2.43. The van der Waals surface area contributed by atoms with Crippen LogP contribution in [0.15, 0.2) is 35.6 Å². The first-order valence-electron chi connectivity index (χ1n) is 7.69. The Morgan fingerprint density at radius 1 is 1.36 bits per heavy atom. The normalized spacial score (nSPS) is 15.0. The van der Waals surface area contributed by atoms with E-state index in [2.05, 4.69) is 4.98 Å². The van der Waals surface area contributed by atoms with Crippen molar-refractivity contribution in [1.82, 2.24) is 15.0 Å². The molecular weight excluding hydrogens is 355 g/mol. The molecule has 0 saturated carbocycles. The molecule has 0 unspecified atom stereocenters. The van der Waals surface area contributed by atoms with Crippen LogP contribution in [0.1, 0.15) is 24.1 Å². The van der Waals surface area contributed by atoms with Crippen molar-refractivity contribution >= 4 is 17.5 Å². The molecule has 0 fully saturated rings. The van der Waals surface area contributed by atoms with Crippen molar-refractivity contribution in [2.24, 2.45) is 0 Å². The molecule has 0 aliphatic heterocycles. The number of hydrogen-bond acceptors (Lipinski definition) is 3. The number of halogens is 4. The van der Waals surface area contributed by atoms with Gasteiger partial charge in [0.25, 0.3) is 5.91 Å². The summed E-state index contributed by atoms with van der Waals surface area (Å²) in [4.78, 5) is 16.9. The summed E-state index contributed by atoms with van der Waals surface area (Å²) in [6, 6.07) is 1.72. The number of amides is 1. The summed E-state index contributed by atoms with van der Waals surface area (Å²) < 4.78 is 39.8. The zero-order valence-corrected chi connectivity index (χ0v) is 14.9. The van der Waals surface area contributed by atoms with E-state index >= 15 is 0 Å². The largest absolute Gasteiger partial charge is 0.413 e. The van der Waals surface area contributed by atoms with Crippen LogP contribution in [0, 0.1) is 6.92 Å². The molecule has 2 rings (SSSR count). The Bertz CT molecular complexity index is 726. The fourth-order valence-electron chi connectivity index (χ4n) is 2.54. The van der Waals surface area contributed by atoms with Crippen molar-refractivity contribution in [3.8, 4) is 0 Å². The third-order valence-corrected chi connectivity index (χ3v) is 4.43. The number of allylic oxidation sites excluding steroid dienone is 2. The summed E-state index contributed by atoms with van der Waals surface area (Å²) in [5.74, 6) is -0.729. The summed E-state index contributed by atoms with van der Waals surface area (Å²) >= 11 is 6.21. The molecule has 0 radical (unpaired) electrons. The number of carbonyl (C=O) groups is 1. The van der Waals surface area contributed by atoms with Crippen LogP contribution < -0.4 is 0 Å². The first kappa shape index (κ1) is 19.5. The molecule has 1 heterocycles. The molecule has 1 aromatic rings. The van der Waals surface area contributed by atoms with E-state index < -0.39 is 17.7 Å². The Morgan fingerprint density at radius 3 is 2.64 bits per heavy atom. The van der Waals surface area contributed by atoms with E-state index in [4.69, 9.17) is 11.6 Å². The topological polar surface area (TPSA) is 36.4 Å². The highest BCUT2D eigenvalue weighted by atomic mass is 35.5. The van der Waals surface area contributed by atoms with Gasteiger partial charge in [-0.25, -0.2) is 5.01 Å². The zero-order valence-electron chi connectivity index (χ0n) is 14.2. The standard InChI is InChI=1S/C17H19ClF3N3O/c1-11-8-9-22-14(15(11)18)10-24(23(2)3)16(25)12-6-4-5-7-13(12)17(19,20)21/h4,6,8-9H,5,7,10H2,1-3H3. The van der Waals surface area contributed by atoms with E-state index in [0.29, 0.717) is 10.7 Å². The molecule has 4 nitrogen and oxygen atoms in total. The third kappa shape index (κ3) is 4.41. The summed E-state index contributed by atoms with van der Waals surface area (Å²) in [6.07, 6.45) is -0.0992. The maximum absolute atomic E-state index is 13.3. The molecule has 25 heavy (non-hydrogen) atoms. The molecule has 1 amide bonds. The Kier molecular flexibility index (Phi) is 5.90. The van der Waals surface area contributed by atoms with Crippen LogP contribution in [-0.2, 0) is 11.3 Å². The predicted molar refractivity (Wildman–Crippen MR) is 89.7 cm³/mol. The Morgan fingerprint density at radius 2 is 2.04 bits per heavy atom. The third-order valence-electron chi connectivity index (χ3n) is 3.91. The minimum absolute atomic E-state index is 0.0190. The summed E-state index contributed by atoms with van der Waals surface area (Å²) in [5.41, 5.74) is 0.0784. The van der Waals surface area contributed by atoms with Crippen molar-refractivity contribution in [2.45, 2.75) is 32.5 Å². The van der Waals surface area contributed by atoms with E-state index in [9.17, 15) is 18.0 Å². The number of nitrogens with zero attached hydrogens (tertiary/aromatic N) is 3. The lowest BCUT2D eigenvalue weighted by Gasteiger charge is -2.31. The first-order valence-corrected chi connectivity index (χ1v) is 8.06. The second kappa shape index (κ2) is 7.58. The van der Waals surface area contributed by atoms with Gasteiger partial charge in [-0.3, -0.25) is 14.8 Å². The van der Waals surface area contributed by atoms with Crippen LogP contribution in [0.5, 0.6) is 0 Å². The second-order valence-corrected chi connectivity index (χ2v) is 6.31. The predicted octanol–water partition coefficient (Wildman–Crippen LogP) is 4.06. The second-order valence-electron chi connectivity index (χ2n) is 5.93. The summed E-state index contributed by atoms with van der Waals surface area (Å²) in [6.45, 7) is 1.78. The minimum atomic E-state index is -4.53. The molecule has 1 aromatic heterocycles. The molecule has 1 aliphatic rings. The maximum atomic E-state index is 13.3. The van der Waals surface area contributed by atoms with Gasteiger partial charge in [-0.05, 0) is 31.4 Å². The van der Waals surface area contributed by atoms with Gasteiger partial charge in [0.05, 0.1) is 17.3 Å². The average Bonchev–Trinajstić information content (AvgIpc) is 2.54. The molecule has 0 N–H and O–H groups in total. The monoisotopic (exact) mass is 373 g/mol. The molecule has 136 valence electrons. The minimum Gasteiger partial charge on any atom is -0.268 e.